The number of fused-ring (bicyclic) bond motifs is 8. The monoisotopic (exact) mass is 1970 g/mol. The minimum atomic E-state index is -0.841. The number of hydrogen-bond acceptors (Lipinski definition) is 17. The van der Waals surface area contributed by atoms with Gasteiger partial charge in [-0.15, -0.1) is 0 Å². The maximum Gasteiger partial charge on any atom is 0.257 e. The van der Waals surface area contributed by atoms with E-state index in [-0.39, 0.29) is 56.1 Å². The molecule has 0 saturated heterocycles. The maximum absolute atomic E-state index is 14.3. The zero-order chi connectivity index (χ0) is 103. The molecule has 0 radical (unpaired) electrons. The summed E-state index contributed by atoms with van der Waals surface area (Å²) < 4.78 is 76.6. The average Bonchev–Trinajstić information content (AvgIpc) is 1.66. The van der Waals surface area contributed by atoms with Gasteiger partial charge in [0.15, 0.2) is 34.5 Å². The highest BCUT2D eigenvalue weighted by atomic mass is 19.1. The fraction of sp³-hybridized carbons (Fsp3) is 0.397. The smallest absolute Gasteiger partial charge is 0.257 e. The normalized spacial score (nSPS) is 12.1. The number of carbonyl (C=O) groups excluding carboxylic acids is 5. The molecule has 0 atom stereocenters. The molecule has 764 valence electrons. The lowest BCUT2D eigenvalue weighted by Crippen LogP contribution is -2.34. The van der Waals surface area contributed by atoms with Crippen molar-refractivity contribution in [2.24, 2.45) is 23.7 Å². The number of hydrogen-bond donors (Lipinski definition) is 0. The second-order valence-electron chi connectivity index (χ2n) is 38.3. The molecule has 0 spiro atoms. The van der Waals surface area contributed by atoms with Crippen LogP contribution < -0.4 is 33.2 Å². The van der Waals surface area contributed by atoms with Crippen LogP contribution in [0.25, 0.3) is 55.2 Å². The molecule has 18 rings (SSSR count). The first-order chi connectivity index (χ1) is 70.3. The van der Waals surface area contributed by atoms with Gasteiger partial charge in [-0.25, -0.2) is 33.7 Å². The van der Waals surface area contributed by atoms with Crippen LogP contribution >= 0.6 is 0 Å². The largest absolute Gasteiger partial charge is 0.494 e. The summed E-state index contributed by atoms with van der Waals surface area (Å²) in [6, 6.07) is 67.1. The Morgan fingerprint density at radius 2 is 0.607 bits per heavy atom. The van der Waals surface area contributed by atoms with Crippen LogP contribution in [-0.4, -0.2) is 162 Å². The summed E-state index contributed by atoms with van der Waals surface area (Å²) in [5.74, 6) is 8.70. The standard InChI is InChI=1S/C24H29N3O3.C24H31N3O2.C23H27F2N3O.C23H27N3O3.C22H25N3O3/c1-4-12-27-20-8-6-5-7-19(20)25-23(27)15-26(13-11-17(2)3)24(28)18-9-10-21-22(14-18)30-16-29-21;1-5-14-27-22-13-8-7-12-21(22)25-23(27)17-26(16-18(3)4)24(28)19-10-9-11-20(15-19)29-6-2;1-4-12-28-21-8-6-5-7-20(21)26-22(28)15-27(13-11-16(2)3)23(29)18-10-9-17(24)14-19(18)25;1-4-11-26-19-8-6-5-7-18(19)24-22(26)14-25(13-16(2)3)23(27)17-9-10-20-21(12-17)29-15-28-20;1-3-11-24(22(26)16-9-10-19-20(13-16)28-15-27-19)14-21-23-17-7-5-6-8-18(17)25(21)12-4-2/h5-10,14,17H,4,11-13,15-16H2,1-3H3;7-13,15,18H,5-6,14,16-17H2,1-4H3;5-10,14,16H,4,11-13,15H2,1-3H3;5-10,12,16H,4,11,13-15H2,1-3H3;5-10,13H,3-4,11-12,14-15H2,1-2H3. The van der Waals surface area contributed by atoms with Crippen LogP contribution in [0.4, 0.5) is 8.78 Å². The van der Waals surface area contributed by atoms with Crippen LogP contribution in [0.1, 0.15) is 236 Å². The molecule has 8 heterocycles. The first kappa shape index (κ1) is 106. The topological polar surface area (TPSA) is 255 Å². The number of rotatable bonds is 39. The molecule has 0 unspecified atom stereocenters. The maximum atomic E-state index is 14.3. The molecule has 0 bridgehead atoms. The molecule has 3 aliphatic heterocycles. The highest BCUT2D eigenvalue weighted by molar-refractivity contribution is 5.98. The summed E-state index contributed by atoms with van der Waals surface area (Å²) in [7, 11) is 0. The van der Waals surface area contributed by atoms with Gasteiger partial charge in [0.1, 0.15) is 46.5 Å². The van der Waals surface area contributed by atoms with E-state index in [2.05, 4.69) is 144 Å². The Hall–Kier alpha value is -14.6. The summed E-state index contributed by atoms with van der Waals surface area (Å²) in [6.45, 7) is 42.6. The van der Waals surface area contributed by atoms with Crippen molar-refractivity contribution >= 4 is 84.7 Å². The second kappa shape index (κ2) is 51.0. The predicted octanol–water partition coefficient (Wildman–Crippen LogP) is 24.1. The summed E-state index contributed by atoms with van der Waals surface area (Å²) in [5.41, 5.74) is 12.6. The molecule has 29 heteroatoms. The number of nitrogens with zero attached hydrogens (tertiary/aromatic N) is 15. The number of benzene rings is 10. The van der Waals surface area contributed by atoms with Crippen molar-refractivity contribution in [3.63, 3.8) is 0 Å². The Kier molecular flexibility index (Phi) is 37.4. The molecule has 15 aromatic rings. The quantitative estimate of drug-likeness (QED) is 0.0347. The third-order valence-electron chi connectivity index (χ3n) is 25.0. The van der Waals surface area contributed by atoms with Crippen molar-refractivity contribution in [3.8, 4) is 40.2 Å². The number of amides is 5. The van der Waals surface area contributed by atoms with Gasteiger partial charge in [-0.2, -0.15) is 0 Å². The number of carbonyl (C=O) groups is 5. The van der Waals surface area contributed by atoms with E-state index in [1.165, 1.54) is 6.07 Å². The molecule has 0 N–H and O–H groups in total. The Bertz CT molecular complexity index is 6920. The van der Waals surface area contributed by atoms with E-state index in [9.17, 15) is 32.8 Å². The zero-order valence-corrected chi connectivity index (χ0v) is 86.5. The predicted molar refractivity (Wildman–Crippen MR) is 564 cm³/mol. The molecule has 5 aromatic heterocycles. The SMILES string of the molecule is CCCN(Cc1nc2ccccc2n1CCC)C(=O)c1ccc2c(c1)OCO2.CCCn1c(CN(CC(C)C)C(=O)c2ccc3c(c2)OCO3)nc2ccccc21.CCCn1c(CN(CC(C)C)C(=O)c2cccc(OCC)c2)nc2ccccc21.CCCn1c(CN(CCC(C)C)C(=O)c2ccc(F)cc2F)nc2ccccc21.CCCn1c(CN(CCC(C)C)C(=O)c2ccc3c(c2)OCO3)nc2ccccc21. The van der Waals surface area contributed by atoms with Gasteiger partial charge in [0, 0.05) is 93.8 Å². The van der Waals surface area contributed by atoms with Gasteiger partial charge in [0.2, 0.25) is 20.4 Å². The van der Waals surface area contributed by atoms with Crippen molar-refractivity contribution in [2.45, 2.75) is 221 Å². The van der Waals surface area contributed by atoms with E-state index in [1.54, 1.807) is 47.4 Å². The molecular formula is C116H139F2N15O12. The Balaban J connectivity index is 0.000000143. The van der Waals surface area contributed by atoms with Crippen molar-refractivity contribution in [1.82, 2.24) is 72.3 Å². The number of aromatic nitrogens is 10. The minimum Gasteiger partial charge on any atom is -0.494 e. The highest BCUT2D eigenvalue weighted by Gasteiger charge is 2.31. The van der Waals surface area contributed by atoms with Crippen LogP contribution in [0.5, 0.6) is 40.2 Å². The molecular weight excluding hydrogens is 1830 g/mol. The molecule has 0 saturated carbocycles. The summed E-state index contributed by atoms with van der Waals surface area (Å²) in [5, 5.41) is 0. The van der Waals surface area contributed by atoms with Crippen LogP contribution in [0.2, 0.25) is 0 Å². The molecule has 10 aromatic carbocycles. The van der Waals surface area contributed by atoms with Crippen LogP contribution in [0, 0.1) is 35.3 Å². The lowest BCUT2D eigenvalue weighted by Gasteiger charge is -2.25. The fourth-order valence-electron chi connectivity index (χ4n) is 18.2. The van der Waals surface area contributed by atoms with Gasteiger partial charge in [-0.3, -0.25) is 24.0 Å². The van der Waals surface area contributed by atoms with Crippen molar-refractivity contribution in [2.75, 3.05) is 59.7 Å². The van der Waals surface area contributed by atoms with Gasteiger partial charge in [-0.1, -0.05) is 164 Å². The highest BCUT2D eigenvalue weighted by Crippen LogP contribution is 2.38. The molecule has 0 fully saturated rings. The van der Waals surface area contributed by atoms with Crippen molar-refractivity contribution in [1.29, 1.82) is 0 Å². The Morgan fingerprint density at radius 3 is 0.910 bits per heavy atom. The average molecular weight is 1970 g/mol. The third kappa shape index (κ3) is 26.9. The first-order valence-corrected chi connectivity index (χ1v) is 51.3. The van der Waals surface area contributed by atoms with Gasteiger partial charge in [-0.05, 0) is 228 Å². The van der Waals surface area contributed by atoms with Gasteiger partial charge < -0.3 is 80.5 Å². The van der Waals surface area contributed by atoms with Crippen LogP contribution in [0.3, 0.4) is 0 Å². The number of ether oxygens (including phenoxy) is 7. The van der Waals surface area contributed by atoms with Gasteiger partial charge in [0.25, 0.3) is 29.5 Å². The van der Waals surface area contributed by atoms with Crippen molar-refractivity contribution < 1.29 is 65.9 Å². The lowest BCUT2D eigenvalue weighted by atomic mass is 10.1. The summed E-state index contributed by atoms with van der Waals surface area (Å²) in [4.78, 5) is 99.7. The molecule has 3 aliphatic rings. The van der Waals surface area contributed by atoms with E-state index in [0.29, 0.717) is 146 Å². The number of halogens is 2. The third-order valence-corrected chi connectivity index (χ3v) is 25.0. The minimum absolute atomic E-state index is 0.00959. The van der Waals surface area contributed by atoms with Crippen molar-refractivity contribution in [3.05, 3.63) is 287 Å². The number of imidazole rings is 5. The Labute approximate surface area is 849 Å². The molecule has 0 aliphatic carbocycles. The van der Waals surface area contributed by atoms with E-state index in [1.807, 2.05) is 160 Å². The summed E-state index contributed by atoms with van der Waals surface area (Å²) in [6.07, 6.45) is 7.57. The number of aryl methyl sites for hydroxylation is 5. The van der Waals surface area contributed by atoms with Crippen LogP contribution in [-0.2, 0) is 65.4 Å². The van der Waals surface area contributed by atoms with E-state index >= 15 is 0 Å². The first-order valence-electron chi connectivity index (χ1n) is 51.3. The molecule has 5 amide bonds. The van der Waals surface area contributed by atoms with E-state index in [4.69, 9.17) is 58.1 Å². The van der Waals surface area contributed by atoms with E-state index in [0.717, 1.165) is 186 Å². The zero-order valence-electron chi connectivity index (χ0n) is 86.5. The van der Waals surface area contributed by atoms with Gasteiger partial charge in [0.05, 0.1) is 100 Å². The van der Waals surface area contributed by atoms with Crippen LogP contribution in [0.15, 0.2) is 218 Å². The second-order valence-corrected chi connectivity index (χ2v) is 38.3. The fourth-order valence-corrected chi connectivity index (χ4v) is 18.2. The van der Waals surface area contributed by atoms with Gasteiger partial charge >= 0.3 is 0 Å². The summed E-state index contributed by atoms with van der Waals surface area (Å²) >= 11 is 0. The van der Waals surface area contributed by atoms with E-state index < -0.39 is 17.5 Å². The molecule has 145 heavy (non-hydrogen) atoms. The Morgan fingerprint density at radius 1 is 0.310 bits per heavy atom. The molecule has 27 nitrogen and oxygen atoms in total. The number of para-hydroxylation sites is 10. The lowest BCUT2D eigenvalue weighted by molar-refractivity contribution is 0.0709.